The average Bonchev–Trinajstić information content (AvgIpc) is 2.39. The number of nitrogens with two attached hydrogens (primary N) is 1. The van der Waals surface area contributed by atoms with Gasteiger partial charge in [0.05, 0.1) is 12.7 Å². The van der Waals surface area contributed by atoms with E-state index in [1.165, 1.54) is 6.08 Å². The molecule has 0 saturated heterocycles. The van der Waals surface area contributed by atoms with E-state index in [0.717, 1.165) is 9.99 Å². The molecule has 1 rings (SSSR count). The third-order valence-electron chi connectivity index (χ3n) is 2.39. The van der Waals surface area contributed by atoms with Crippen molar-refractivity contribution < 1.29 is 9.53 Å². The van der Waals surface area contributed by atoms with Gasteiger partial charge >= 0.3 is 0 Å². The molecule has 104 valence electrons. The van der Waals surface area contributed by atoms with E-state index in [1.54, 1.807) is 6.92 Å². The van der Waals surface area contributed by atoms with Gasteiger partial charge in [-0.25, -0.2) is 0 Å². The lowest BCUT2D eigenvalue weighted by atomic mass is 10.1. The van der Waals surface area contributed by atoms with E-state index in [9.17, 15) is 4.79 Å². The predicted octanol–water partition coefficient (Wildman–Crippen LogP) is 2.16. The van der Waals surface area contributed by atoms with E-state index >= 15 is 0 Å². The molecule has 0 heterocycles. The summed E-state index contributed by atoms with van der Waals surface area (Å²) in [5.41, 5.74) is 7.00. The van der Waals surface area contributed by atoms with E-state index in [0.29, 0.717) is 18.8 Å². The monoisotopic (exact) mass is 374 g/mol. The van der Waals surface area contributed by atoms with Crippen molar-refractivity contribution in [2.45, 2.75) is 13.0 Å². The summed E-state index contributed by atoms with van der Waals surface area (Å²) in [6.45, 7) is 2.77. The molecule has 1 atom stereocenters. The fraction of sp³-hybridized carbons (Fsp3) is 0.357. The Bertz CT molecular complexity index is 417. The molecule has 0 fully saturated rings. The summed E-state index contributed by atoms with van der Waals surface area (Å²) in [6.07, 6.45) is 1.24. The predicted molar refractivity (Wildman–Crippen MR) is 85.0 cm³/mol. The largest absolute Gasteiger partial charge is 0.402 e. The Labute approximate surface area is 127 Å². The summed E-state index contributed by atoms with van der Waals surface area (Å²) in [5, 5.41) is 2.80. The van der Waals surface area contributed by atoms with Gasteiger partial charge in [-0.3, -0.25) is 4.79 Å². The van der Waals surface area contributed by atoms with Crippen LogP contribution in [-0.2, 0) is 9.53 Å². The SMILES string of the molecule is C/C(N)=C/C(=O)NCC(OCCI)c1ccccc1. The normalized spacial score (nSPS) is 13.1. The fourth-order valence-electron chi connectivity index (χ4n) is 1.58. The van der Waals surface area contributed by atoms with E-state index in [4.69, 9.17) is 10.5 Å². The lowest BCUT2D eigenvalue weighted by Gasteiger charge is -2.18. The van der Waals surface area contributed by atoms with Crippen LogP contribution < -0.4 is 11.1 Å². The van der Waals surface area contributed by atoms with Crippen LogP contribution in [0.5, 0.6) is 0 Å². The molecule has 1 amide bonds. The van der Waals surface area contributed by atoms with Crippen molar-refractivity contribution >= 4 is 28.5 Å². The highest BCUT2D eigenvalue weighted by Gasteiger charge is 2.12. The van der Waals surface area contributed by atoms with Crippen LogP contribution in [0.1, 0.15) is 18.6 Å². The number of benzene rings is 1. The summed E-state index contributed by atoms with van der Waals surface area (Å²) in [7, 11) is 0. The third-order valence-corrected chi connectivity index (χ3v) is 2.83. The highest BCUT2D eigenvalue weighted by atomic mass is 127. The number of rotatable bonds is 7. The molecule has 1 aromatic carbocycles. The fourth-order valence-corrected chi connectivity index (χ4v) is 1.83. The molecule has 3 N–H and O–H groups in total. The number of hydrogen-bond acceptors (Lipinski definition) is 3. The Balaban J connectivity index is 2.60. The zero-order valence-electron chi connectivity index (χ0n) is 10.9. The Morgan fingerprint density at radius 2 is 2.16 bits per heavy atom. The van der Waals surface area contributed by atoms with Crippen molar-refractivity contribution in [2.75, 3.05) is 17.6 Å². The Morgan fingerprint density at radius 3 is 2.74 bits per heavy atom. The van der Waals surface area contributed by atoms with Gasteiger partial charge in [0.15, 0.2) is 0 Å². The van der Waals surface area contributed by atoms with Gasteiger partial charge in [0, 0.05) is 22.7 Å². The van der Waals surface area contributed by atoms with Crippen LogP contribution in [0.2, 0.25) is 0 Å². The highest BCUT2D eigenvalue weighted by molar-refractivity contribution is 14.1. The summed E-state index contributed by atoms with van der Waals surface area (Å²) in [5.74, 6) is -0.195. The molecule has 0 aliphatic heterocycles. The van der Waals surface area contributed by atoms with Crippen molar-refractivity contribution in [3.05, 3.63) is 47.7 Å². The van der Waals surface area contributed by atoms with Crippen molar-refractivity contribution in [3.8, 4) is 0 Å². The number of halogens is 1. The van der Waals surface area contributed by atoms with Crippen LogP contribution in [0.25, 0.3) is 0 Å². The van der Waals surface area contributed by atoms with Crippen molar-refractivity contribution in [1.29, 1.82) is 0 Å². The van der Waals surface area contributed by atoms with E-state index in [-0.39, 0.29) is 12.0 Å². The molecule has 0 radical (unpaired) electrons. The lowest BCUT2D eigenvalue weighted by Crippen LogP contribution is -2.29. The maximum atomic E-state index is 11.5. The first kappa shape index (κ1) is 16.0. The van der Waals surface area contributed by atoms with Crippen LogP contribution in [-0.4, -0.2) is 23.5 Å². The van der Waals surface area contributed by atoms with Crippen molar-refractivity contribution in [1.82, 2.24) is 5.32 Å². The van der Waals surface area contributed by atoms with Gasteiger partial charge in [0.1, 0.15) is 0 Å². The molecule has 4 nitrogen and oxygen atoms in total. The molecule has 0 bridgehead atoms. The van der Waals surface area contributed by atoms with Crippen LogP contribution >= 0.6 is 22.6 Å². The second-order valence-corrected chi connectivity index (χ2v) is 5.17. The number of alkyl halides is 1. The second-order valence-electron chi connectivity index (χ2n) is 4.09. The Morgan fingerprint density at radius 1 is 1.47 bits per heavy atom. The maximum absolute atomic E-state index is 11.5. The van der Waals surface area contributed by atoms with Gasteiger partial charge in [0.2, 0.25) is 5.91 Å². The average molecular weight is 374 g/mol. The van der Waals surface area contributed by atoms with Gasteiger partial charge in [0.25, 0.3) is 0 Å². The minimum Gasteiger partial charge on any atom is -0.402 e. The summed E-state index contributed by atoms with van der Waals surface area (Å²) >= 11 is 2.26. The summed E-state index contributed by atoms with van der Waals surface area (Å²) in [4.78, 5) is 11.5. The molecule has 0 spiro atoms. The van der Waals surface area contributed by atoms with Crippen LogP contribution in [0.4, 0.5) is 0 Å². The van der Waals surface area contributed by atoms with E-state index in [1.807, 2.05) is 30.3 Å². The van der Waals surface area contributed by atoms with Gasteiger partial charge < -0.3 is 15.8 Å². The van der Waals surface area contributed by atoms with Crippen molar-refractivity contribution in [2.24, 2.45) is 5.73 Å². The molecule has 1 unspecified atom stereocenters. The van der Waals surface area contributed by atoms with Crippen LogP contribution in [0, 0.1) is 0 Å². The van der Waals surface area contributed by atoms with Gasteiger partial charge in [-0.15, -0.1) is 0 Å². The molecule has 0 aliphatic carbocycles. The molecule has 5 heteroatoms. The molecule has 19 heavy (non-hydrogen) atoms. The second kappa shape index (κ2) is 8.92. The smallest absolute Gasteiger partial charge is 0.245 e. The van der Waals surface area contributed by atoms with Gasteiger partial charge in [-0.1, -0.05) is 52.9 Å². The van der Waals surface area contributed by atoms with Gasteiger partial charge in [-0.2, -0.15) is 0 Å². The lowest BCUT2D eigenvalue weighted by molar-refractivity contribution is -0.117. The molecule has 0 aliphatic rings. The number of allylic oxidation sites excluding steroid dienone is 1. The van der Waals surface area contributed by atoms with E-state index in [2.05, 4.69) is 27.9 Å². The topological polar surface area (TPSA) is 64.4 Å². The number of carbonyl (C=O) groups excluding carboxylic acids is 1. The zero-order valence-corrected chi connectivity index (χ0v) is 13.1. The van der Waals surface area contributed by atoms with Crippen molar-refractivity contribution in [3.63, 3.8) is 0 Å². The van der Waals surface area contributed by atoms with E-state index < -0.39 is 0 Å². The number of hydrogen-bond donors (Lipinski definition) is 2. The first-order valence-corrected chi connectivity index (χ1v) is 7.60. The van der Waals surface area contributed by atoms with Gasteiger partial charge in [-0.05, 0) is 12.5 Å². The number of nitrogens with one attached hydrogen (secondary N) is 1. The molecular weight excluding hydrogens is 355 g/mol. The minimum absolute atomic E-state index is 0.133. The highest BCUT2D eigenvalue weighted by Crippen LogP contribution is 2.16. The summed E-state index contributed by atoms with van der Waals surface area (Å²) < 4.78 is 6.67. The molecule has 0 saturated carbocycles. The maximum Gasteiger partial charge on any atom is 0.245 e. The minimum atomic E-state index is -0.195. The first-order valence-electron chi connectivity index (χ1n) is 6.07. The third kappa shape index (κ3) is 6.58. The standard InChI is InChI=1S/C14H19IN2O2/c1-11(16)9-14(18)17-10-13(19-8-7-15)12-5-3-2-4-6-12/h2-6,9,13H,7-8,10,16H2,1H3,(H,17,18)/b11-9-. The summed E-state index contributed by atoms with van der Waals surface area (Å²) in [6, 6.07) is 9.86. The molecule has 0 aromatic heterocycles. The molecular formula is C14H19IN2O2. The Hall–Kier alpha value is -1.08. The number of carbonyl (C=O) groups is 1. The zero-order chi connectivity index (χ0) is 14.1. The van der Waals surface area contributed by atoms with Crippen LogP contribution in [0.15, 0.2) is 42.1 Å². The number of ether oxygens (including phenoxy) is 1. The first-order chi connectivity index (χ1) is 9.13. The Kier molecular flexibility index (Phi) is 7.50. The van der Waals surface area contributed by atoms with Crippen LogP contribution in [0.3, 0.4) is 0 Å². The quantitative estimate of drug-likeness (QED) is 0.437. The number of amides is 1. The molecule has 1 aromatic rings.